The van der Waals surface area contributed by atoms with Crippen LogP contribution in [0.25, 0.3) is 65.3 Å². The summed E-state index contributed by atoms with van der Waals surface area (Å²) < 4.78 is 60.3. The van der Waals surface area contributed by atoms with Crippen molar-refractivity contribution in [2.45, 2.75) is 0 Å². The number of rotatable bonds is 2. The largest absolute Gasteiger partial charge is 0.0629 e. The fourth-order valence-electron chi connectivity index (χ4n) is 5.05. The highest BCUT2D eigenvalue weighted by atomic mass is 14.2. The minimum absolute atomic E-state index is 0.0428. The lowest BCUT2D eigenvalue weighted by Gasteiger charge is -2.19. The van der Waals surface area contributed by atoms with Crippen LogP contribution in [0.15, 0.2) is 133 Å². The highest BCUT2D eigenvalue weighted by Crippen LogP contribution is 2.45. The smallest absolute Gasteiger partial charge is 0.0616 e. The lowest BCUT2D eigenvalue weighted by molar-refractivity contribution is 1.68. The normalized spacial score (nSPS) is 14.4. The minimum atomic E-state index is -0.458. The Labute approximate surface area is 208 Å². The summed E-state index contributed by atoms with van der Waals surface area (Å²) in [7, 11) is 0. The van der Waals surface area contributed by atoms with Crippen molar-refractivity contribution in [2.75, 3.05) is 0 Å². The molecule has 0 heteroatoms. The van der Waals surface area contributed by atoms with Crippen LogP contribution < -0.4 is 0 Å². The first-order valence-corrected chi connectivity index (χ1v) is 11.2. The van der Waals surface area contributed by atoms with E-state index in [0.717, 1.165) is 43.4 Å². The molecule has 34 heavy (non-hydrogen) atoms. The molecular formula is C34H22. The molecule has 0 saturated heterocycles. The summed E-state index contributed by atoms with van der Waals surface area (Å²) in [6, 6.07) is 27.7. The van der Waals surface area contributed by atoms with Crippen molar-refractivity contribution in [3.63, 3.8) is 0 Å². The molecule has 0 spiro atoms. The molecule has 7 aromatic carbocycles. The molecule has 0 saturated carbocycles. The van der Waals surface area contributed by atoms with Gasteiger partial charge in [-0.3, -0.25) is 0 Å². The van der Waals surface area contributed by atoms with E-state index in [0.29, 0.717) is 5.56 Å². The zero-order valence-electron chi connectivity index (χ0n) is 25.2. The molecule has 0 aliphatic heterocycles. The molecule has 0 aliphatic carbocycles. The Morgan fingerprint density at radius 3 is 1.74 bits per heavy atom. The van der Waals surface area contributed by atoms with Crippen LogP contribution >= 0.6 is 0 Å². The predicted molar refractivity (Wildman–Crippen MR) is 147 cm³/mol. The van der Waals surface area contributed by atoms with Crippen molar-refractivity contribution in [1.82, 2.24) is 0 Å². The average Bonchev–Trinajstić information content (AvgIpc) is 3.00. The Balaban J connectivity index is 1.72. The highest BCUT2D eigenvalue weighted by Gasteiger charge is 2.17. The molecule has 0 aliphatic rings. The molecule has 158 valence electrons. The van der Waals surface area contributed by atoms with Gasteiger partial charge in [0.2, 0.25) is 0 Å². The van der Waals surface area contributed by atoms with Crippen LogP contribution in [0.3, 0.4) is 0 Å². The Hall–Kier alpha value is -4.42. The first kappa shape index (κ1) is 13.3. The standard InChI is InChI=1S/C34H22/c1-2-12-25-22-26(21-20-23(25)10-1)33-29-15-5-7-17-31(29)34(32-18-8-6-16-30(32)33)28-19-9-13-24-11-3-4-14-27(24)28/h1-22H/i3D,4D,9D,11D,13D,14D,19D. The second-order valence-corrected chi connectivity index (χ2v) is 8.40. The van der Waals surface area contributed by atoms with Gasteiger partial charge in [0.15, 0.2) is 0 Å². The van der Waals surface area contributed by atoms with Crippen LogP contribution in [0.5, 0.6) is 0 Å². The molecule has 0 bridgehead atoms. The summed E-state index contributed by atoms with van der Waals surface area (Å²) in [4.78, 5) is 0. The van der Waals surface area contributed by atoms with Gasteiger partial charge in [-0.05, 0) is 71.4 Å². The molecule has 7 aromatic rings. The molecule has 7 rings (SSSR count). The zero-order valence-corrected chi connectivity index (χ0v) is 18.2. The van der Waals surface area contributed by atoms with Crippen molar-refractivity contribution in [3.8, 4) is 22.3 Å². The first-order chi connectivity index (χ1) is 19.8. The maximum Gasteiger partial charge on any atom is 0.0629 e. The van der Waals surface area contributed by atoms with E-state index in [1.54, 1.807) is 0 Å². The molecule has 0 atom stereocenters. The molecule has 0 aromatic heterocycles. The van der Waals surface area contributed by atoms with Crippen molar-refractivity contribution < 1.29 is 9.60 Å². The van der Waals surface area contributed by atoms with Crippen molar-refractivity contribution >= 4 is 43.1 Å². The second kappa shape index (κ2) is 7.57. The molecule has 0 unspecified atom stereocenters. The van der Waals surface area contributed by atoms with E-state index in [9.17, 15) is 0 Å². The Morgan fingerprint density at radius 2 is 1.00 bits per heavy atom. The fourth-order valence-corrected chi connectivity index (χ4v) is 5.05. The summed E-state index contributed by atoms with van der Waals surface area (Å²) in [5.74, 6) is 0. The maximum absolute atomic E-state index is 9.05. The number of fused-ring (bicyclic) bond motifs is 4. The minimum Gasteiger partial charge on any atom is -0.0616 e. The van der Waals surface area contributed by atoms with Crippen LogP contribution in [0.4, 0.5) is 0 Å². The molecule has 0 nitrogen and oxygen atoms in total. The topological polar surface area (TPSA) is 0 Å². The third-order valence-electron chi connectivity index (χ3n) is 6.53. The first-order valence-electron chi connectivity index (χ1n) is 14.7. The average molecular weight is 438 g/mol. The van der Waals surface area contributed by atoms with Gasteiger partial charge in [-0.15, -0.1) is 0 Å². The van der Waals surface area contributed by atoms with Crippen LogP contribution in [0.2, 0.25) is 0 Å². The van der Waals surface area contributed by atoms with E-state index in [-0.39, 0.29) is 46.5 Å². The van der Waals surface area contributed by atoms with E-state index in [4.69, 9.17) is 9.60 Å². The van der Waals surface area contributed by atoms with Crippen LogP contribution in [-0.4, -0.2) is 0 Å². The van der Waals surface area contributed by atoms with Crippen LogP contribution in [-0.2, 0) is 0 Å². The second-order valence-electron chi connectivity index (χ2n) is 8.40. The predicted octanol–water partition coefficient (Wildman–Crippen LogP) is 9.63. The maximum atomic E-state index is 9.05. The molecule has 0 heterocycles. The van der Waals surface area contributed by atoms with Gasteiger partial charge < -0.3 is 0 Å². The van der Waals surface area contributed by atoms with Gasteiger partial charge in [0.1, 0.15) is 0 Å². The van der Waals surface area contributed by atoms with Gasteiger partial charge in [0, 0.05) is 0 Å². The van der Waals surface area contributed by atoms with Gasteiger partial charge in [0.05, 0.1) is 9.60 Å². The summed E-state index contributed by atoms with van der Waals surface area (Å²) in [5, 5.41) is 5.75. The summed E-state index contributed by atoms with van der Waals surface area (Å²) >= 11 is 0. The Kier molecular flexibility index (Phi) is 2.97. The summed E-state index contributed by atoms with van der Waals surface area (Å²) in [6.45, 7) is 0. The highest BCUT2D eigenvalue weighted by molar-refractivity contribution is 6.23. The molecule has 0 radical (unpaired) electrons. The summed E-state index contributed by atoms with van der Waals surface area (Å²) in [5.41, 5.74) is 2.91. The Morgan fingerprint density at radius 1 is 0.412 bits per heavy atom. The van der Waals surface area contributed by atoms with E-state index < -0.39 is 12.1 Å². The van der Waals surface area contributed by atoms with Crippen LogP contribution in [0.1, 0.15) is 9.60 Å². The lowest BCUT2D eigenvalue weighted by atomic mass is 9.84. The van der Waals surface area contributed by atoms with Gasteiger partial charge in [-0.2, -0.15) is 0 Å². The van der Waals surface area contributed by atoms with Gasteiger partial charge in [0.25, 0.3) is 0 Å². The van der Waals surface area contributed by atoms with Crippen molar-refractivity contribution in [3.05, 3.63) is 133 Å². The number of hydrogen-bond acceptors (Lipinski definition) is 0. The number of benzene rings is 7. The van der Waals surface area contributed by atoms with E-state index in [1.165, 1.54) is 0 Å². The molecule has 0 N–H and O–H groups in total. The third kappa shape index (κ3) is 2.86. The number of hydrogen-bond donors (Lipinski definition) is 0. The monoisotopic (exact) mass is 437 g/mol. The lowest BCUT2D eigenvalue weighted by Crippen LogP contribution is -1.91. The summed E-state index contributed by atoms with van der Waals surface area (Å²) in [6.07, 6.45) is 0. The van der Waals surface area contributed by atoms with Crippen molar-refractivity contribution in [2.24, 2.45) is 0 Å². The molecule has 0 amide bonds. The SMILES string of the molecule is [2H]c1c([2H])c([2H])c2c(-c3c4ccccc4c(-c4ccc5ccccc5c4)c4ccccc34)c([2H])c([2H])c([2H])c2c1[2H]. The van der Waals surface area contributed by atoms with E-state index in [2.05, 4.69) is 30.3 Å². The van der Waals surface area contributed by atoms with Crippen LogP contribution in [0, 0.1) is 0 Å². The fraction of sp³-hybridized carbons (Fsp3) is 0. The Bertz CT molecular complexity index is 2170. The van der Waals surface area contributed by atoms with E-state index in [1.807, 2.05) is 60.7 Å². The van der Waals surface area contributed by atoms with Crippen molar-refractivity contribution in [1.29, 1.82) is 0 Å². The zero-order chi connectivity index (χ0) is 28.6. The quantitative estimate of drug-likeness (QED) is 0.236. The third-order valence-corrected chi connectivity index (χ3v) is 6.53. The van der Waals surface area contributed by atoms with E-state index >= 15 is 0 Å². The van der Waals surface area contributed by atoms with Gasteiger partial charge >= 0.3 is 0 Å². The molecule has 0 fully saturated rings. The van der Waals surface area contributed by atoms with Gasteiger partial charge in [-0.1, -0.05) is 127 Å². The van der Waals surface area contributed by atoms with Gasteiger partial charge in [-0.25, -0.2) is 0 Å². The molecular weight excluding hydrogens is 408 g/mol.